The van der Waals surface area contributed by atoms with E-state index in [1.54, 1.807) is 0 Å². The molecular formula is C9H17NO2. The molecule has 1 N–H and O–H groups in total. The molecule has 3 nitrogen and oxygen atoms in total. The topological polar surface area (TPSA) is 30.5 Å². The van der Waals surface area contributed by atoms with Gasteiger partial charge in [-0.15, -0.1) is 0 Å². The molecule has 2 aliphatic heterocycles. The van der Waals surface area contributed by atoms with Crippen molar-refractivity contribution in [2.24, 2.45) is 5.92 Å². The van der Waals surface area contributed by atoms with E-state index in [0.29, 0.717) is 12.7 Å². The second kappa shape index (κ2) is 3.32. The van der Waals surface area contributed by atoms with Crippen molar-refractivity contribution in [2.75, 3.05) is 19.9 Å². The van der Waals surface area contributed by atoms with E-state index in [4.69, 9.17) is 9.47 Å². The molecule has 0 aromatic carbocycles. The molecule has 2 aliphatic rings. The van der Waals surface area contributed by atoms with Crippen LogP contribution in [0.5, 0.6) is 0 Å². The van der Waals surface area contributed by atoms with Gasteiger partial charge in [-0.1, -0.05) is 6.92 Å². The Bertz CT molecular complexity index is 145. The van der Waals surface area contributed by atoms with Crippen molar-refractivity contribution in [1.29, 1.82) is 0 Å². The van der Waals surface area contributed by atoms with Crippen molar-refractivity contribution in [3.63, 3.8) is 0 Å². The molecule has 0 aromatic heterocycles. The first-order valence-electron chi connectivity index (χ1n) is 4.86. The second-order valence-corrected chi connectivity index (χ2v) is 3.62. The number of piperidine rings is 1. The lowest BCUT2D eigenvalue weighted by Gasteiger charge is -2.47. The molecule has 2 fully saturated rings. The van der Waals surface area contributed by atoms with Crippen LogP contribution in [0.25, 0.3) is 0 Å². The summed E-state index contributed by atoms with van der Waals surface area (Å²) in [5.74, 6) is 0.331. The third-order valence-electron chi connectivity index (χ3n) is 3.02. The lowest BCUT2D eigenvalue weighted by atomic mass is 9.88. The van der Waals surface area contributed by atoms with Crippen molar-refractivity contribution in [3.8, 4) is 0 Å². The van der Waals surface area contributed by atoms with E-state index in [1.807, 2.05) is 0 Å². The Morgan fingerprint density at radius 1 is 1.50 bits per heavy atom. The predicted octanol–water partition coefficient (Wildman–Crippen LogP) is 1.10. The van der Waals surface area contributed by atoms with Crippen LogP contribution in [0.3, 0.4) is 0 Å². The second-order valence-electron chi connectivity index (χ2n) is 3.62. The van der Waals surface area contributed by atoms with Gasteiger partial charge in [-0.25, -0.2) is 0 Å². The minimum absolute atomic E-state index is 0.229. The van der Waals surface area contributed by atoms with Crippen molar-refractivity contribution in [1.82, 2.24) is 5.32 Å². The highest BCUT2D eigenvalue weighted by molar-refractivity contribution is 4.85. The zero-order valence-corrected chi connectivity index (χ0v) is 7.64. The van der Waals surface area contributed by atoms with Gasteiger partial charge in [0.05, 0.1) is 0 Å². The molecule has 3 heteroatoms. The van der Waals surface area contributed by atoms with E-state index >= 15 is 0 Å². The summed E-state index contributed by atoms with van der Waals surface area (Å²) in [6.07, 6.45) is 3.46. The van der Waals surface area contributed by atoms with Crippen LogP contribution in [0.4, 0.5) is 0 Å². The van der Waals surface area contributed by atoms with Crippen molar-refractivity contribution in [3.05, 3.63) is 0 Å². The van der Waals surface area contributed by atoms with Crippen LogP contribution < -0.4 is 5.32 Å². The average molecular weight is 171 g/mol. The van der Waals surface area contributed by atoms with Crippen LogP contribution in [0.2, 0.25) is 0 Å². The summed E-state index contributed by atoms with van der Waals surface area (Å²) < 4.78 is 11.1. The molecule has 0 bridgehead atoms. The third-order valence-corrected chi connectivity index (χ3v) is 3.02. The molecule has 12 heavy (non-hydrogen) atoms. The Morgan fingerprint density at radius 2 is 2.33 bits per heavy atom. The molecule has 2 rings (SSSR count). The SMILES string of the molecule is CCC1(C2CCCNC2)OCO1. The Morgan fingerprint density at radius 3 is 2.75 bits per heavy atom. The van der Waals surface area contributed by atoms with Crippen molar-refractivity contribution >= 4 is 0 Å². The summed E-state index contributed by atoms with van der Waals surface area (Å²) >= 11 is 0. The van der Waals surface area contributed by atoms with Crippen LogP contribution in [0.1, 0.15) is 26.2 Å². The molecule has 0 amide bonds. The smallest absolute Gasteiger partial charge is 0.177 e. The summed E-state index contributed by atoms with van der Waals surface area (Å²) in [5, 5.41) is 3.38. The largest absolute Gasteiger partial charge is 0.323 e. The number of hydrogen-bond acceptors (Lipinski definition) is 3. The molecule has 0 radical (unpaired) electrons. The van der Waals surface area contributed by atoms with Crippen LogP contribution in [0, 0.1) is 5.92 Å². The fraction of sp³-hybridized carbons (Fsp3) is 1.00. The molecule has 0 aliphatic carbocycles. The maximum atomic E-state index is 5.54. The fourth-order valence-corrected chi connectivity index (χ4v) is 2.17. The first-order valence-corrected chi connectivity index (χ1v) is 4.86. The van der Waals surface area contributed by atoms with Gasteiger partial charge in [0.25, 0.3) is 0 Å². The normalized spacial score (nSPS) is 34.2. The molecule has 2 saturated heterocycles. The van der Waals surface area contributed by atoms with E-state index in [9.17, 15) is 0 Å². The van der Waals surface area contributed by atoms with Crippen LogP contribution in [0.15, 0.2) is 0 Å². The van der Waals surface area contributed by atoms with Gasteiger partial charge < -0.3 is 14.8 Å². The van der Waals surface area contributed by atoms with Gasteiger partial charge in [0.2, 0.25) is 0 Å². The molecule has 70 valence electrons. The first kappa shape index (κ1) is 8.48. The van der Waals surface area contributed by atoms with Crippen LogP contribution >= 0.6 is 0 Å². The first-order chi connectivity index (χ1) is 5.87. The highest BCUT2D eigenvalue weighted by Gasteiger charge is 2.45. The predicted molar refractivity (Wildman–Crippen MR) is 45.7 cm³/mol. The highest BCUT2D eigenvalue weighted by atomic mass is 16.9. The number of ether oxygens (including phenoxy) is 2. The Balaban J connectivity index is 1.95. The molecule has 0 spiro atoms. The maximum Gasteiger partial charge on any atom is 0.177 e. The monoisotopic (exact) mass is 171 g/mol. The number of rotatable bonds is 2. The molecule has 1 atom stereocenters. The third kappa shape index (κ3) is 1.26. The van der Waals surface area contributed by atoms with E-state index in [1.165, 1.54) is 12.8 Å². The molecule has 0 aromatic rings. The van der Waals surface area contributed by atoms with E-state index < -0.39 is 0 Å². The quantitative estimate of drug-likeness (QED) is 0.674. The van der Waals surface area contributed by atoms with E-state index in [-0.39, 0.29) is 5.79 Å². The molecule has 2 heterocycles. The number of nitrogens with one attached hydrogen (secondary N) is 1. The van der Waals surface area contributed by atoms with Crippen LogP contribution in [-0.4, -0.2) is 25.7 Å². The maximum absolute atomic E-state index is 5.54. The standard InChI is InChI=1S/C9H17NO2/c1-2-9(11-7-12-9)8-4-3-5-10-6-8/h8,10H,2-7H2,1H3. The molecular weight excluding hydrogens is 154 g/mol. The Labute approximate surface area is 73.4 Å². The van der Waals surface area contributed by atoms with Crippen molar-refractivity contribution < 1.29 is 9.47 Å². The van der Waals surface area contributed by atoms with Crippen LogP contribution in [-0.2, 0) is 9.47 Å². The summed E-state index contributed by atoms with van der Waals surface area (Å²) in [6.45, 7) is 4.82. The van der Waals surface area contributed by atoms with Gasteiger partial charge >= 0.3 is 0 Å². The van der Waals surface area contributed by atoms with Crippen molar-refractivity contribution in [2.45, 2.75) is 32.0 Å². The van der Waals surface area contributed by atoms with Gasteiger partial charge in [-0.3, -0.25) is 0 Å². The van der Waals surface area contributed by atoms with Gasteiger partial charge in [0.15, 0.2) is 12.6 Å². The minimum atomic E-state index is -0.229. The molecule has 1 unspecified atom stereocenters. The summed E-state index contributed by atoms with van der Waals surface area (Å²) in [7, 11) is 0. The van der Waals surface area contributed by atoms with Gasteiger partial charge in [0.1, 0.15) is 0 Å². The van der Waals surface area contributed by atoms with Gasteiger partial charge in [-0.2, -0.15) is 0 Å². The van der Waals surface area contributed by atoms with E-state index in [0.717, 1.165) is 19.5 Å². The summed E-state index contributed by atoms with van der Waals surface area (Å²) in [6, 6.07) is 0. The average Bonchev–Trinajstić information content (AvgIpc) is 2.05. The van der Waals surface area contributed by atoms with Gasteiger partial charge in [-0.05, 0) is 25.8 Å². The Kier molecular flexibility index (Phi) is 2.35. The number of hydrogen-bond donors (Lipinski definition) is 1. The summed E-state index contributed by atoms with van der Waals surface area (Å²) in [4.78, 5) is 0. The Hall–Kier alpha value is -0.120. The lowest BCUT2D eigenvalue weighted by Crippen LogP contribution is -2.56. The zero-order valence-electron chi connectivity index (χ0n) is 7.64. The zero-order chi connectivity index (χ0) is 8.44. The lowest BCUT2D eigenvalue weighted by molar-refractivity contribution is -0.420. The fourth-order valence-electron chi connectivity index (χ4n) is 2.17. The van der Waals surface area contributed by atoms with E-state index in [2.05, 4.69) is 12.2 Å². The van der Waals surface area contributed by atoms with Gasteiger partial charge in [0, 0.05) is 12.5 Å². The highest BCUT2D eigenvalue weighted by Crippen LogP contribution is 2.37. The minimum Gasteiger partial charge on any atom is -0.323 e. The molecule has 0 saturated carbocycles. The summed E-state index contributed by atoms with van der Waals surface area (Å²) in [5.41, 5.74) is 0.